The molecule has 5 rings (SSSR count). The summed E-state index contributed by atoms with van der Waals surface area (Å²) >= 11 is 0. The first-order valence-electron chi connectivity index (χ1n) is 10.1. The molecule has 0 atom stereocenters. The highest BCUT2D eigenvalue weighted by atomic mass is 15.1. The predicted molar refractivity (Wildman–Crippen MR) is 117 cm³/mol. The van der Waals surface area contributed by atoms with E-state index in [-0.39, 0.29) is 0 Å². The molecule has 1 fully saturated rings. The number of fused-ring (bicyclic) bond motifs is 3. The normalized spacial score (nSPS) is 15.2. The molecule has 0 spiro atoms. The standard InChI is InChI=1S/C23H25N5/c1-24-17-10-7-15(8-11-17)16-9-12-20-19(13-16)21-22(25-14-26-23(21)28-20)27-18-5-3-2-4-6-18/h7-14,18,24H,2-6H2,1H3,(H2,25,26,27,28). The molecule has 0 amide bonds. The lowest BCUT2D eigenvalue weighted by molar-refractivity contribution is 0.462. The van der Waals surface area contributed by atoms with Gasteiger partial charge in [0.05, 0.1) is 5.39 Å². The third-order valence-electron chi connectivity index (χ3n) is 5.84. The minimum Gasteiger partial charge on any atom is -0.388 e. The van der Waals surface area contributed by atoms with Crippen LogP contribution in [0.4, 0.5) is 11.5 Å². The van der Waals surface area contributed by atoms with E-state index in [1.807, 2.05) is 7.05 Å². The minimum absolute atomic E-state index is 0.508. The van der Waals surface area contributed by atoms with Crippen molar-refractivity contribution in [2.45, 2.75) is 38.1 Å². The van der Waals surface area contributed by atoms with Gasteiger partial charge in [-0.05, 0) is 48.2 Å². The van der Waals surface area contributed by atoms with Crippen molar-refractivity contribution in [3.05, 3.63) is 48.8 Å². The van der Waals surface area contributed by atoms with E-state index in [1.165, 1.54) is 48.6 Å². The molecule has 0 aliphatic heterocycles. The van der Waals surface area contributed by atoms with E-state index in [9.17, 15) is 0 Å². The summed E-state index contributed by atoms with van der Waals surface area (Å²) in [6.07, 6.45) is 8.04. The number of aromatic amines is 1. The Kier molecular flexibility index (Phi) is 4.35. The highest BCUT2D eigenvalue weighted by Gasteiger charge is 2.17. The lowest BCUT2D eigenvalue weighted by Gasteiger charge is -2.23. The lowest BCUT2D eigenvalue weighted by atomic mass is 9.95. The number of rotatable bonds is 4. The smallest absolute Gasteiger partial charge is 0.143 e. The van der Waals surface area contributed by atoms with Gasteiger partial charge in [0.15, 0.2) is 0 Å². The van der Waals surface area contributed by atoms with Crippen LogP contribution in [0.25, 0.3) is 33.1 Å². The summed E-state index contributed by atoms with van der Waals surface area (Å²) in [6, 6.07) is 15.6. The van der Waals surface area contributed by atoms with Gasteiger partial charge < -0.3 is 15.6 Å². The molecule has 0 bridgehead atoms. The van der Waals surface area contributed by atoms with Crippen LogP contribution in [0.5, 0.6) is 0 Å². The van der Waals surface area contributed by atoms with Crippen LogP contribution in [0.3, 0.4) is 0 Å². The quantitative estimate of drug-likeness (QED) is 0.439. The van der Waals surface area contributed by atoms with Crippen LogP contribution in [0.15, 0.2) is 48.8 Å². The summed E-state index contributed by atoms with van der Waals surface area (Å²) in [5.41, 5.74) is 5.51. The van der Waals surface area contributed by atoms with Gasteiger partial charge in [0, 0.05) is 29.7 Å². The third kappa shape index (κ3) is 3.07. The second-order valence-electron chi connectivity index (χ2n) is 7.64. The zero-order valence-corrected chi connectivity index (χ0v) is 16.1. The van der Waals surface area contributed by atoms with E-state index >= 15 is 0 Å². The molecule has 1 saturated carbocycles. The number of anilines is 2. The first-order chi connectivity index (χ1) is 13.8. The fraction of sp³-hybridized carbons (Fsp3) is 0.304. The molecular formula is C23H25N5. The summed E-state index contributed by atoms with van der Waals surface area (Å²) in [4.78, 5) is 12.5. The van der Waals surface area contributed by atoms with Crippen LogP contribution in [-0.2, 0) is 0 Å². The Morgan fingerprint density at radius 1 is 0.929 bits per heavy atom. The van der Waals surface area contributed by atoms with Crippen LogP contribution >= 0.6 is 0 Å². The van der Waals surface area contributed by atoms with E-state index in [2.05, 4.69) is 68.1 Å². The van der Waals surface area contributed by atoms with Crippen LogP contribution in [0, 0.1) is 0 Å². The molecule has 5 nitrogen and oxygen atoms in total. The van der Waals surface area contributed by atoms with Gasteiger partial charge in [0.2, 0.25) is 0 Å². The van der Waals surface area contributed by atoms with Crippen molar-refractivity contribution >= 4 is 33.4 Å². The predicted octanol–water partition coefficient (Wildman–Crippen LogP) is 5.56. The van der Waals surface area contributed by atoms with Crippen molar-refractivity contribution in [2.75, 3.05) is 17.7 Å². The van der Waals surface area contributed by atoms with Gasteiger partial charge in [-0.1, -0.05) is 37.5 Å². The van der Waals surface area contributed by atoms with Crippen molar-refractivity contribution in [1.29, 1.82) is 0 Å². The molecule has 1 aliphatic rings. The summed E-state index contributed by atoms with van der Waals surface area (Å²) in [6.45, 7) is 0. The Bertz CT molecular complexity index is 1110. The Morgan fingerprint density at radius 2 is 1.71 bits per heavy atom. The van der Waals surface area contributed by atoms with E-state index in [1.54, 1.807) is 6.33 Å². The fourth-order valence-electron chi connectivity index (χ4n) is 4.28. The number of nitrogens with zero attached hydrogens (tertiary/aromatic N) is 2. The van der Waals surface area contributed by atoms with Gasteiger partial charge in [-0.3, -0.25) is 0 Å². The summed E-state index contributed by atoms with van der Waals surface area (Å²) < 4.78 is 0. The highest BCUT2D eigenvalue weighted by molar-refractivity contribution is 6.12. The molecule has 0 saturated heterocycles. The molecule has 0 radical (unpaired) electrons. The molecule has 2 heterocycles. The topological polar surface area (TPSA) is 65.6 Å². The average molecular weight is 371 g/mol. The minimum atomic E-state index is 0.508. The van der Waals surface area contributed by atoms with Gasteiger partial charge in [-0.15, -0.1) is 0 Å². The highest BCUT2D eigenvalue weighted by Crippen LogP contribution is 2.34. The van der Waals surface area contributed by atoms with E-state index in [0.717, 1.165) is 28.1 Å². The van der Waals surface area contributed by atoms with E-state index in [0.29, 0.717) is 6.04 Å². The molecule has 1 aliphatic carbocycles. The number of benzene rings is 2. The van der Waals surface area contributed by atoms with Crippen LogP contribution in [-0.4, -0.2) is 28.0 Å². The number of H-pyrrole nitrogens is 1. The molecule has 0 unspecified atom stereocenters. The Hall–Kier alpha value is -3.08. The summed E-state index contributed by atoms with van der Waals surface area (Å²) in [5.74, 6) is 0.950. The second-order valence-corrected chi connectivity index (χ2v) is 7.64. The second kappa shape index (κ2) is 7.15. The first kappa shape index (κ1) is 17.0. The van der Waals surface area contributed by atoms with Crippen LogP contribution in [0.2, 0.25) is 0 Å². The van der Waals surface area contributed by atoms with Crippen molar-refractivity contribution in [3.8, 4) is 11.1 Å². The van der Waals surface area contributed by atoms with Crippen LogP contribution < -0.4 is 10.6 Å². The zero-order chi connectivity index (χ0) is 18.9. The number of aromatic nitrogens is 3. The monoisotopic (exact) mass is 371 g/mol. The Balaban J connectivity index is 1.59. The molecule has 3 N–H and O–H groups in total. The van der Waals surface area contributed by atoms with Gasteiger partial charge in [-0.2, -0.15) is 0 Å². The maximum Gasteiger partial charge on any atom is 0.143 e. The van der Waals surface area contributed by atoms with Crippen molar-refractivity contribution in [3.63, 3.8) is 0 Å². The molecule has 2 aromatic carbocycles. The maximum absolute atomic E-state index is 4.60. The summed E-state index contributed by atoms with van der Waals surface area (Å²) in [5, 5.41) is 9.13. The molecular weight excluding hydrogens is 346 g/mol. The Morgan fingerprint density at radius 3 is 2.50 bits per heavy atom. The van der Waals surface area contributed by atoms with Gasteiger partial charge >= 0.3 is 0 Å². The van der Waals surface area contributed by atoms with Crippen molar-refractivity contribution in [1.82, 2.24) is 15.0 Å². The lowest BCUT2D eigenvalue weighted by Crippen LogP contribution is -2.22. The maximum atomic E-state index is 4.60. The molecule has 5 heteroatoms. The molecule has 4 aromatic rings. The van der Waals surface area contributed by atoms with E-state index < -0.39 is 0 Å². The summed E-state index contributed by atoms with van der Waals surface area (Å²) in [7, 11) is 1.94. The SMILES string of the molecule is CNc1ccc(-c2ccc3[nH]c4ncnc(NC5CCCCC5)c4c3c2)cc1. The van der Waals surface area contributed by atoms with E-state index in [4.69, 9.17) is 0 Å². The molecule has 142 valence electrons. The van der Waals surface area contributed by atoms with Gasteiger partial charge in [-0.25, -0.2) is 9.97 Å². The average Bonchev–Trinajstić information content (AvgIpc) is 3.13. The van der Waals surface area contributed by atoms with Crippen LogP contribution in [0.1, 0.15) is 32.1 Å². The number of hydrogen-bond donors (Lipinski definition) is 3. The van der Waals surface area contributed by atoms with Gasteiger partial charge in [0.1, 0.15) is 17.8 Å². The van der Waals surface area contributed by atoms with Crippen molar-refractivity contribution < 1.29 is 0 Å². The van der Waals surface area contributed by atoms with Crippen molar-refractivity contribution in [2.24, 2.45) is 0 Å². The number of nitrogens with one attached hydrogen (secondary N) is 3. The zero-order valence-electron chi connectivity index (χ0n) is 16.1. The largest absolute Gasteiger partial charge is 0.388 e. The third-order valence-corrected chi connectivity index (χ3v) is 5.84. The van der Waals surface area contributed by atoms with Gasteiger partial charge in [0.25, 0.3) is 0 Å². The number of hydrogen-bond acceptors (Lipinski definition) is 4. The molecule has 2 aromatic heterocycles. The fourth-order valence-corrected chi connectivity index (χ4v) is 4.28. The molecule has 28 heavy (non-hydrogen) atoms. The first-order valence-corrected chi connectivity index (χ1v) is 10.1. The Labute approximate surface area is 164 Å².